The zero-order valence-electron chi connectivity index (χ0n) is 13.1. The van der Waals surface area contributed by atoms with Crippen LogP contribution in [0.1, 0.15) is 24.2 Å². The predicted molar refractivity (Wildman–Crippen MR) is 81.9 cm³/mol. The third kappa shape index (κ3) is 5.15. The molecule has 0 atom stereocenters. The monoisotopic (exact) mass is 296 g/mol. The van der Waals surface area contributed by atoms with Gasteiger partial charge in [-0.2, -0.15) is 0 Å². The highest BCUT2D eigenvalue weighted by molar-refractivity contribution is 6.00. The van der Waals surface area contributed by atoms with Crippen LogP contribution in [-0.2, 0) is 4.74 Å². The van der Waals surface area contributed by atoms with E-state index in [0.29, 0.717) is 48.4 Å². The number of carbonyl (C=O) groups excluding carboxylic acids is 1. The molecule has 0 heterocycles. The number of ether oxygens (including phenoxy) is 3. The lowest BCUT2D eigenvalue weighted by molar-refractivity contribution is 0.0886. The van der Waals surface area contributed by atoms with Gasteiger partial charge >= 0.3 is 0 Å². The Labute approximate surface area is 125 Å². The molecule has 118 valence electrons. The van der Waals surface area contributed by atoms with E-state index in [4.69, 9.17) is 19.9 Å². The number of benzene rings is 1. The van der Waals surface area contributed by atoms with E-state index in [-0.39, 0.29) is 5.91 Å². The summed E-state index contributed by atoms with van der Waals surface area (Å²) < 4.78 is 15.7. The van der Waals surface area contributed by atoms with E-state index in [1.54, 1.807) is 12.1 Å². The van der Waals surface area contributed by atoms with E-state index >= 15 is 0 Å². The van der Waals surface area contributed by atoms with Gasteiger partial charge < -0.3 is 25.3 Å². The van der Waals surface area contributed by atoms with Crippen molar-refractivity contribution in [2.45, 2.75) is 13.8 Å². The van der Waals surface area contributed by atoms with Gasteiger partial charge in [-0.25, -0.2) is 0 Å². The summed E-state index contributed by atoms with van der Waals surface area (Å²) in [5.74, 6) is 1.17. The molecule has 3 N–H and O–H groups in total. The topological polar surface area (TPSA) is 82.8 Å². The van der Waals surface area contributed by atoms with Crippen LogP contribution in [-0.4, -0.2) is 39.9 Å². The fraction of sp³-hybridized carbons (Fsp3) is 0.533. The van der Waals surface area contributed by atoms with E-state index < -0.39 is 0 Å². The van der Waals surface area contributed by atoms with Gasteiger partial charge in [0.1, 0.15) is 0 Å². The van der Waals surface area contributed by atoms with Crippen LogP contribution in [0.2, 0.25) is 0 Å². The molecule has 0 aromatic heterocycles. The summed E-state index contributed by atoms with van der Waals surface area (Å²) in [6.45, 7) is 5.72. The molecule has 1 aromatic carbocycles. The van der Waals surface area contributed by atoms with Crippen molar-refractivity contribution in [3.63, 3.8) is 0 Å². The average Bonchev–Trinajstić information content (AvgIpc) is 2.45. The van der Waals surface area contributed by atoms with Crippen LogP contribution in [0.3, 0.4) is 0 Å². The lowest BCUT2D eigenvalue weighted by atomic mass is 10.1. The summed E-state index contributed by atoms with van der Waals surface area (Å²) in [5, 5.41) is 2.76. The Hall–Kier alpha value is -1.95. The maximum atomic E-state index is 12.1. The Kier molecular flexibility index (Phi) is 6.81. The molecule has 0 fully saturated rings. The fourth-order valence-corrected chi connectivity index (χ4v) is 1.74. The molecule has 0 aliphatic heterocycles. The Morgan fingerprint density at radius 1 is 1.24 bits per heavy atom. The zero-order valence-corrected chi connectivity index (χ0v) is 13.1. The van der Waals surface area contributed by atoms with Crippen molar-refractivity contribution < 1.29 is 19.0 Å². The van der Waals surface area contributed by atoms with Crippen molar-refractivity contribution in [2.75, 3.05) is 39.7 Å². The van der Waals surface area contributed by atoms with Gasteiger partial charge in [-0.3, -0.25) is 4.79 Å². The van der Waals surface area contributed by atoms with Crippen LogP contribution in [0.25, 0.3) is 0 Å². The number of hydrogen-bond donors (Lipinski definition) is 2. The van der Waals surface area contributed by atoms with Crippen molar-refractivity contribution in [3.05, 3.63) is 17.7 Å². The molecule has 1 aromatic rings. The highest BCUT2D eigenvalue weighted by atomic mass is 16.5. The van der Waals surface area contributed by atoms with Crippen molar-refractivity contribution in [2.24, 2.45) is 5.92 Å². The van der Waals surface area contributed by atoms with Crippen molar-refractivity contribution in [1.82, 2.24) is 5.32 Å². The second kappa shape index (κ2) is 8.36. The van der Waals surface area contributed by atoms with Crippen LogP contribution < -0.4 is 20.5 Å². The summed E-state index contributed by atoms with van der Waals surface area (Å²) in [5.41, 5.74) is 6.56. The molecule has 0 spiro atoms. The smallest absolute Gasteiger partial charge is 0.253 e. The minimum Gasteiger partial charge on any atom is -0.493 e. The normalized spacial score (nSPS) is 10.5. The quantitative estimate of drug-likeness (QED) is 0.563. The molecular formula is C15H24N2O4. The van der Waals surface area contributed by atoms with Gasteiger partial charge in [-0.15, -0.1) is 0 Å². The number of amides is 1. The largest absolute Gasteiger partial charge is 0.493 e. The molecule has 6 nitrogen and oxygen atoms in total. The van der Waals surface area contributed by atoms with Gasteiger partial charge in [0.25, 0.3) is 5.91 Å². The number of rotatable bonds is 8. The van der Waals surface area contributed by atoms with Gasteiger partial charge in [0.2, 0.25) is 0 Å². The van der Waals surface area contributed by atoms with E-state index in [9.17, 15) is 4.79 Å². The number of nitrogens with one attached hydrogen (secondary N) is 1. The number of carbonyl (C=O) groups is 1. The molecule has 0 saturated carbocycles. The Morgan fingerprint density at radius 2 is 1.86 bits per heavy atom. The first-order valence-electron chi connectivity index (χ1n) is 6.87. The van der Waals surface area contributed by atoms with Crippen LogP contribution in [0, 0.1) is 5.92 Å². The number of nitrogen functional groups attached to an aromatic ring is 1. The summed E-state index contributed by atoms with van der Waals surface area (Å²) in [7, 11) is 3.03. The van der Waals surface area contributed by atoms with Crippen LogP contribution in [0.15, 0.2) is 12.1 Å². The number of nitrogens with two attached hydrogens (primary N) is 1. The third-order valence-corrected chi connectivity index (χ3v) is 2.78. The molecule has 1 amide bonds. The summed E-state index contributed by atoms with van der Waals surface area (Å²) >= 11 is 0. The number of hydrogen-bond acceptors (Lipinski definition) is 5. The SMILES string of the molecule is COc1cc(N)c(C(=O)NCCOCC(C)C)cc1OC. The molecule has 21 heavy (non-hydrogen) atoms. The first kappa shape index (κ1) is 17.1. The van der Waals surface area contributed by atoms with Crippen molar-refractivity contribution in [1.29, 1.82) is 0 Å². The summed E-state index contributed by atoms with van der Waals surface area (Å²) in [6, 6.07) is 3.14. The lowest BCUT2D eigenvalue weighted by Gasteiger charge is -2.13. The molecular weight excluding hydrogens is 272 g/mol. The predicted octanol–water partition coefficient (Wildman–Crippen LogP) is 1.69. The molecule has 0 unspecified atom stereocenters. The Morgan fingerprint density at radius 3 is 2.43 bits per heavy atom. The third-order valence-electron chi connectivity index (χ3n) is 2.78. The molecule has 0 aliphatic carbocycles. The van der Waals surface area contributed by atoms with E-state index in [1.807, 2.05) is 0 Å². The Bertz CT molecular complexity index is 475. The number of anilines is 1. The fourth-order valence-electron chi connectivity index (χ4n) is 1.74. The summed E-state index contributed by atoms with van der Waals surface area (Å²) in [4.78, 5) is 12.1. The standard InChI is InChI=1S/C15H24N2O4/c1-10(2)9-21-6-5-17-15(18)11-7-13(19-3)14(20-4)8-12(11)16/h7-8,10H,5-6,9,16H2,1-4H3,(H,17,18). The van der Waals surface area contributed by atoms with Crippen molar-refractivity contribution in [3.8, 4) is 11.5 Å². The minimum absolute atomic E-state index is 0.262. The maximum Gasteiger partial charge on any atom is 0.253 e. The highest BCUT2D eigenvalue weighted by Gasteiger charge is 2.14. The van der Waals surface area contributed by atoms with Crippen molar-refractivity contribution >= 4 is 11.6 Å². The zero-order chi connectivity index (χ0) is 15.8. The minimum atomic E-state index is -0.262. The number of methoxy groups -OCH3 is 2. The van der Waals surface area contributed by atoms with Gasteiger partial charge in [-0.05, 0) is 12.0 Å². The molecule has 0 aliphatic rings. The first-order valence-corrected chi connectivity index (χ1v) is 6.87. The van der Waals surface area contributed by atoms with Gasteiger partial charge in [0, 0.05) is 24.9 Å². The second-order valence-electron chi connectivity index (χ2n) is 5.02. The molecule has 6 heteroatoms. The maximum absolute atomic E-state index is 12.1. The Balaban J connectivity index is 2.61. The van der Waals surface area contributed by atoms with E-state index in [2.05, 4.69) is 19.2 Å². The van der Waals surface area contributed by atoms with E-state index in [1.165, 1.54) is 14.2 Å². The average molecular weight is 296 g/mol. The molecule has 1 rings (SSSR count). The van der Waals surface area contributed by atoms with E-state index in [0.717, 1.165) is 0 Å². The van der Waals surface area contributed by atoms with Crippen LogP contribution in [0.4, 0.5) is 5.69 Å². The van der Waals surface area contributed by atoms with Crippen LogP contribution in [0.5, 0.6) is 11.5 Å². The van der Waals surface area contributed by atoms with Gasteiger partial charge in [0.05, 0.1) is 26.4 Å². The second-order valence-corrected chi connectivity index (χ2v) is 5.02. The lowest BCUT2D eigenvalue weighted by Crippen LogP contribution is -2.28. The molecule has 0 bridgehead atoms. The van der Waals surface area contributed by atoms with Gasteiger partial charge in [-0.1, -0.05) is 13.8 Å². The molecule has 0 saturated heterocycles. The first-order chi connectivity index (χ1) is 9.99. The summed E-state index contributed by atoms with van der Waals surface area (Å²) in [6.07, 6.45) is 0. The highest BCUT2D eigenvalue weighted by Crippen LogP contribution is 2.31. The van der Waals surface area contributed by atoms with Crippen LogP contribution >= 0.6 is 0 Å². The molecule has 0 radical (unpaired) electrons. The van der Waals surface area contributed by atoms with Gasteiger partial charge in [0.15, 0.2) is 11.5 Å².